The molecule has 0 aliphatic heterocycles. The van der Waals surface area contributed by atoms with Crippen LogP contribution in [0.25, 0.3) is 11.0 Å². The van der Waals surface area contributed by atoms with Crippen molar-refractivity contribution in [3.05, 3.63) is 17.7 Å². The van der Waals surface area contributed by atoms with Gasteiger partial charge < -0.3 is 10.8 Å². The van der Waals surface area contributed by atoms with E-state index < -0.39 is 5.97 Å². The summed E-state index contributed by atoms with van der Waals surface area (Å²) in [5, 5.41) is 18.6. The minimum absolute atomic E-state index is 0.0430. The summed E-state index contributed by atoms with van der Waals surface area (Å²) in [6.07, 6.45) is 0. The van der Waals surface area contributed by atoms with Crippen LogP contribution in [0.1, 0.15) is 10.4 Å². The van der Waals surface area contributed by atoms with Crippen LogP contribution in [0.5, 0.6) is 0 Å². The molecule has 1 heterocycles. The lowest BCUT2D eigenvalue weighted by atomic mass is 10.1. The van der Waals surface area contributed by atoms with Gasteiger partial charge in [0, 0.05) is 5.69 Å². The number of aromatic nitrogens is 3. The third kappa shape index (κ3) is 1.08. The minimum atomic E-state index is -1.07. The number of H-pyrrole nitrogens is 1. The van der Waals surface area contributed by atoms with Gasteiger partial charge in [-0.15, -0.1) is 0 Å². The van der Waals surface area contributed by atoms with Gasteiger partial charge in [-0.1, -0.05) is 0 Å². The predicted octanol–water partition coefficient (Wildman–Crippen LogP) is 0.238. The van der Waals surface area contributed by atoms with Gasteiger partial charge in [0.05, 0.1) is 5.56 Å². The second kappa shape index (κ2) is 2.44. The van der Waals surface area contributed by atoms with Crippen LogP contribution in [0.3, 0.4) is 0 Å². The van der Waals surface area contributed by atoms with Crippen LogP contribution < -0.4 is 5.73 Å². The highest BCUT2D eigenvalue weighted by Gasteiger charge is 2.10. The molecule has 6 heteroatoms. The molecule has 13 heavy (non-hydrogen) atoms. The van der Waals surface area contributed by atoms with Gasteiger partial charge in [0.15, 0.2) is 0 Å². The lowest BCUT2D eigenvalue weighted by Crippen LogP contribution is -2.01. The smallest absolute Gasteiger partial charge is 0.337 e. The topological polar surface area (TPSA) is 105 Å². The Morgan fingerprint density at radius 1 is 1.38 bits per heavy atom. The number of nitrogens with zero attached hydrogens (tertiary/aromatic N) is 2. The van der Waals surface area contributed by atoms with E-state index in [2.05, 4.69) is 15.4 Å². The Balaban J connectivity index is 2.76. The fourth-order valence-electron chi connectivity index (χ4n) is 1.09. The molecule has 0 aliphatic rings. The van der Waals surface area contributed by atoms with Gasteiger partial charge in [0.1, 0.15) is 11.0 Å². The van der Waals surface area contributed by atoms with Crippen molar-refractivity contribution in [2.24, 2.45) is 0 Å². The number of aromatic carboxylic acids is 1. The number of hydrogen-bond donors (Lipinski definition) is 3. The van der Waals surface area contributed by atoms with E-state index >= 15 is 0 Å². The van der Waals surface area contributed by atoms with Gasteiger partial charge in [0.2, 0.25) is 0 Å². The average Bonchev–Trinajstić information content (AvgIpc) is 2.48. The standard InChI is InChI=1S/C7H6N4O2/c8-4-2-6-5(9-11-10-6)1-3(4)7(12)13/h1-2H,8H2,(H,12,13)(H,9,10,11). The fourth-order valence-corrected chi connectivity index (χ4v) is 1.09. The first-order valence-corrected chi connectivity index (χ1v) is 3.52. The Hall–Kier alpha value is -2.11. The zero-order valence-corrected chi connectivity index (χ0v) is 6.48. The second-order valence-electron chi connectivity index (χ2n) is 2.56. The van der Waals surface area contributed by atoms with Crippen LogP contribution in [-0.2, 0) is 0 Å². The van der Waals surface area contributed by atoms with E-state index in [-0.39, 0.29) is 11.3 Å². The largest absolute Gasteiger partial charge is 0.478 e. The van der Waals surface area contributed by atoms with Gasteiger partial charge in [-0.05, 0) is 12.1 Å². The molecule has 0 bridgehead atoms. The van der Waals surface area contributed by atoms with Crippen molar-refractivity contribution in [1.82, 2.24) is 15.4 Å². The number of aromatic amines is 1. The molecule has 6 nitrogen and oxygen atoms in total. The van der Waals surface area contributed by atoms with E-state index in [1.54, 1.807) is 0 Å². The molecule has 4 N–H and O–H groups in total. The van der Waals surface area contributed by atoms with Crippen molar-refractivity contribution in [3.63, 3.8) is 0 Å². The number of carboxylic acid groups (broad SMARTS) is 1. The van der Waals surface area contributed by atoms with E-state index in [4.69, 9.17) is 10.8 Å². The summed E-state index contributed by atoms with van der Waals surface area (Å²) >= 11 is 0. The number of nitrogen functional groups attached to an aromatic ring is 1. The molecule has 0 radical (unpaired) electrons. The molecule has 2 rings (SSSR count). The summed E-state index contributed by atoms with van der Waals surface area (Å²) in [6.45, 7) is 0. The highest BCUT2D eigenvalue weighted by molar-refractivity contribution is 5.98. The Labute approximate surface area is 72.4 Å². The molecule has 66 valence electrons. The maximum Gasteiger partial charge on any atom is 0.337 e. The molecule has 0 saturated carbocycles. The number of carbonyl (C=O) groups is 1. The molecule has 0 amide bonds. The van der Waals surface area contributed by atoms with Gasteiger partial charge in [-0.2, -0.15) is 15.4 Å². The summed E-state index contributed by atoms with van der Waals surface area (Å²) in [4.78, 5) is 10.6. The van der Waals surface area contributed by atoms with Crippen LogP contribution in [-0.4, -0.2) is 26.5 Å². The number of nitrogens with two attached hydrogens (primary N) is 1. The molecular formula is C7H6N4O2. The highest BCUT2D eigenvalue weighted by Crippen LogP contribution is 2.18. The monoisotopic (exact) mass is 178 g/mol. The van der Waals surface area contributed by atoms with Crippen molar-refractivity contribution in [3.8, 4) is 0 Å². The lowest BCUT2D eigenvalue weighted by Gasteiger charge is -1.98. The first kappa shape index (κ1) is 7.53. The van der Waals surface area contributed by atoms with Crippen LogP contribution in [0.15, 0.2) is 12.1 Å². The summed E-state index contributed by atoms with van der Waals surface area (Å²) in [7, 11) is 0. The summed E-state index contributed by atoms with van der Waals surface area (Å²) in [5.74, 6) is -1.07. The average molecular weight is 178 g/mol. The number of carboxylic acids is 1. The zero-order valence-electron chi connectivity index (χ0n) is 6.48. The minimum Gasteiger partial charge on any atom is -0.478 e. The molecule has 0 spiro atoms. The van der Waals surface area contributed by atoms with Crippen molar-refractivity contribution in [1.29, 1.82) is 0 Å². The Morgan fingerprint density at radius 3 is 2.62 bits per heavy atom. The Morgan fingerprint density at radius 2 is 2.00 bits per heavy atom. The predicted molar refractivity (Wildman–Crippen MR) is 45.3 cm³/mol. The van der Waals surface area contributed by atoms with Crippen molar-refractivity contribution < 1.29 is 9.90 Å². The normalized spacial score (nSPS) is 10.5. The van der Waals surface area contributed by atoms with Crippen LogP contribution >= 0.6 is 0 Å². The maximum absolute atomic E-state index is 10.6. The van der Waals surface area contributed by atoms with Crippen molar-refractivity contribution in [2.75, 3.05) is 5.73 Å². The second-order valence-corrected chi connectivity index (χ2v) is 2.56. The molecule has 0 aliphatic carbocycles. The number of nitrogens with one attached hydrogen (secondary N) is 1. The van der Waals surface area contributed by atoms with Crippen molar-refractivity contribution in [2.45, 2.75) is 0 Å². The van der Waals surface area contributed by atoms with Gasteiger partial charge >= 0.3 is 5.97 Å². The van der Waals surface area contributed by atoms with Crippen LogP contribution in [0.2, 0.25) is 0 Å². The number of rotatable bonds is 1. The summed E-state index contributed by atoms with van der Waals surface area (Å²) in [6, 6.07) is 2.86. The molecule has 0 saturated heterocycles. The molecule has 1 aromatic heterocycles. The van der Waals surface area contributed by atoms with Gasteiger partial charge in [0.25, 0.3) is 0 Å². The molecule has 0 unspecified atom stereocenters. The van der Waals surface area contributed by atoms with Gasteiger partial charge in [-0.3, -0.25) is 0 Å². The van der Waals surface area contributed by atoms with E-state index in [9.17, 15) is 4.79 Å². The van der Waals surface area contributed by atoms with Crippen LogP contribution in [0, 0.1) is 0 Å². The third-order valence-electron chi connectivity index (χ3n) is 1.72. The van der Waals surface area contributed by atoms with Crippen LogP contribution in [0.4, 0.5) is 5.69 Å². The Bertz CT molecular complexity index is 476. The highest BCUT2D eigenvalue weighted by atomic mass is 16.4. The number of fused-ring (bicyclic) bond motifs is 1. The molecule has 1 aromatic carbocycles. The van der Waals surface area contributed by atoms with E-state index in [1.165, 1.54) is 12.1 Å². The van der Waals surface area contributed by atoms with E-state index in [1.807, 2.05) is 0 Å². The first-order valence-electron chi connectivity index (χ1n) is 3.52. The maximum atomic E-state index is 10.6. The molecule has 0 fully saturated rings. The summed E-state index contributed by atoms with van der Waals surface area (Å²) in [5.41, 5.74) is 6.77. The lowest BCUT2D eigenvalue weighted by molar-refractivity contribution is 0.0698. The fraction of sp³-hybridized carbons (Fsp3) is 0. The first-order chi connectivity index (χ1) is 6.18. The quantitative estimate of drug-likeness (QED) is 0.542. The molecule has 0 atom stereocenters. The van der Waals surface area contributed by atoms with E-state index in [0.717, 1.165) is 0 Å². The number of anilines is 1. The van der Waals surface area contributed by atoms with Gasteiger partial charge in [-0.25, -0.2) is 4.79 Å². The Kier molecular flexibility index (Phi) is 1.42. The number of hydrogen-bond acceptors (Lipinski definition) is 4. The molecule has 2 aromatic rings. The third-order valence-corrected chi connectivity index (χ3v) is 1.72. The zero-order chi connectivity index (χ0) is 9.42. The summed E-state index contributed by atoms with van der Waals surface area (Å²) < 4.78 is 0. The van der Waals surface area contributed by atoms with E-state index in [0.29, 0.717) is 11.0 Å². The molecular weight excluding hydrogens is 172 g/mol. The van der Waals surface area contributed by atoms with Crippen molar-refractivity contribution >= 4 is 22.7 Å². The SMILES string of the molecule is Nc1cc2n[nH]nc2cc1C(=O)O. The number of benzene rings is 1.